The zero-order valence-corrected chi connectivity index (χ0v) is 24.9. The van der Waals surface area contributed by atoms with Crippen LogP contribution in [-0.2, 0) is 20.0 Å². The van der Waals surface area contributed by atoms with Crippen LogP contribution >= 0.6 is 0 Å². The molecule has 2 atom stereocenters. The Balaban J connectivity index is 0.903. The number of rotatable bonds is 7. The van der Waals surface area contributed by atoms with E-state index in [9.17, 15) is 16.8 Å². The third-order valence-electron chi connectivity index (χ3n) is 9.25. The number of sulfonamides is 2. The number of hydrogen-bond acceptors (Lipinski definition) is 10. The van der Waals surface area contributed by atoms with E-state index >= 15 is 0 Å². The summed E-state index contributed by atoms with van der Waals surface area (Å²) in [6, 6.07) is 12.0. The van der Waals surface area contributed by atoms with Crippen LogP contribution in [0.2, 0.25) is 0 Å². The number of nitrogens with one attached hydrogen (secondary N) is 2. The number of ether oxygens (including phenoxy) is 2. The third-order valence-corrected chi connectivity index (χ3v) is 14.0. The molecular formula is C28H36N6O6S2. The molecule has 0 spiro atoms. The Kier molecular flexibility index (Phi) is 6.22. The zero-order valence-electron chi connectivity index (χ0n) is 23.3. The lowest BCUT2D eigenvalue weighted by molar-refractivity contribution is 0.215. The van der Waals surface area contributed by atoms with Crippen LogP contribution in [0.25, 0.3) is 0 Å². The van der Waals surface area contributed by atoms with Gasteiger partial charge in [-0.15, -0.1) is 0 Å². The number of hydrogen-bond donors (Lipinski definition) is 2. The van der Waals surface area contributed by atoms with Gasteiger partial charge in [-0.3, -0.25) is 0 Å². The van der Waals surface area contributed by atoms with E-state index in [-0.39, 0.29) is 22.6 Å². The van der Waals surface area contributed by atoms with Crippen molar-refractivity contribution in [3.63, 3.8) is 0 Å². The first-order chi connectivity index (χ1) is 20.3. The standard InChI is InChI=1S/C28H36N6O6S2/c35-41(36,23-3-4-23)31-9-11-33-21(15-31)17-39-27-13-19(1-7-25(27)33)29-30-20-2-8-26-28(14-20)40-18-22-16-32(10-12-34(22)26)42(37,38)24-5-6-24/h1-2,7-8,13-14,21-24,29-30H,3-6,9-12,15-18H2/t21-,22-/m0/s1. The van der Waals surface area contributed by atoms with Crippen molar-refractivity contribution >= 4 is 42.8 Å². The second kappa shape index (κ2) is 9.79. The molecule has 0 unspecified atom stereocenters. The highest BCUT2D eigenvalue weighted by atomic mass is 32.2. The molecule has 4 heterocycles. The summed E-state index contributed by atoms with van der Waals surface area (Å²) in [6.07, 6.45) is 3.12. The SMILES string of the molecule is O=S(=O)(C1CC1)N1CCN2c3ccc(NNc4ccc5c(c4)OC[C@@H]4CN(S(=O)(=O)C6CC6)CCN54)cc3OC[C@@H]2C1. The van der Waals surface area contributed by atoms with Crippen molar-refractivity contribution in [2.75, 3.05) is 73.1 Å². The summed E-state index contributed by atoms with van der Waals surface area (Å²) < 4.78 is 66.4. The number of benzene rings is 2. The van der Waals surface area contributed by atoms with Crippen molar-refractivity contribution in [2.45, 2.75) is 48.3 Å². The summed E-state index contributed by atoms with van der Waals surface area (Å²) in [6.45, 7) is 4.15. The Morgan fingerprint density at radius 2 is 1.05 bits per heavy atom. The largest absolute Gasteiger partial charge is 0.489 e. The zero-order chi connectivity index (χ0) is 28.6. The highest BCUT2D eigenvalue weighted by Crippen LogP contribution is 2.41. The highest BCUT2D eigenvalue weighted by Gasteiger charge is 2.45. The molecule has 4 fully saturated rings. The minimum Gasteiger partial charge on any atom is -0.489 e. The number of piperazine rings is 2. The fourth-order valence-electron chi connectivity index (χ4n) is 6.59. The first-order valence-corrected chi connectivity index (χ1v) is 17.8. The van der Waals surface area contributed by atoms with Gasteiger partial charge < -0.3 is 30.1 Å². The molecule has 2 saturated heterocycles. The maximum atomic E-state index is 12.7. The molecule has 2 saturated carbocycles. The van der Waals surface area contributed by atoms with Crippen molar-refractivity contribution in [1.82, 2.24) is 8.61 Å². The lowest BCUT2D eigenvalue weighted by Crippen LogP contribution is -2.58. The molecule has 4 aliphatic heterocycles. The van der Waals surface area contributed by atoms with Crippen molar-refractivity contribution in [2.24, 2.45) is 0 Å². The Bertz CT molecular complexity index is 1490. The molecule has 226 valence electrons. The minimum absolute atomic E-state index is 0.0115. The fraction of sp³-hybridized carbons (Fsp3) is 0.571. The number of nitrogens with zero attached hydrogens (tertiary/aromatic N) is 4. The molecule has 2 aliphatic carbocycles. The van der Waals surface area contributed by atoms with Crippen molar-refractivity contribution in [3.8, 4) is 11.5 Å². The average Bonchev–Trinajstić information content (AvgIpc) is 3.91. The molecular weight excluding hydrogens is 580 g/mol. The summed E-state index contributed by atoms with van der Waals surface area (Å²) in [5, 5.41) is -0.372. The predicted molar refractivity (Wildman–Crippen MR) is 160 cm³/mol. The highest BCUT2D eigenvalue weighted by molar-refractivity contribution is 7.90. The van der Waals surface area contributed by atoms with E-state index in [4.69, 9.17) is 9.47 Å². The van der Waals surface area contributed by atoms with E-state index in [1.165, 1.54) is 0 Å². The van der Waals surface area contributed by atoms with Crippen LogP contribution in [0.4, 0.5) is 22.7 Å². The Labute approximate surface area is 246 Å². The van der Waals surface area contributed by atoms with Gasteiger partial charge in [0.05, 0.1) is 45.3 Å². The van der Waals surface area contributed by atoms with E-state index in [2.05, 4.69) is 20.7 Å². The van der Waals surface area contributed by atoms with Gasteiger partial charge in [0.15, 0.2) is 0 Å². The molecule has 0 radical (unpaired) electrons. The van der Waals surface area contributed by atoms with Crippen LogP contribution in [0.3, 0.4) is 0 Å². The van der Waals surface area contributed by atoms with E-state index in [1.54, 1.807) is 8.61 Å². The van der Waals surface area contributed by atoms with Crippen LogP contribution in [0.15, 0.2) is 36.4 Å². The summed E-state index contributed by atoms with van der Waals surface area (Å²) in [4.78, 5) is 4.54. The monoisotopic (exact) mass is 616 g/mol. The van der Waals surface area contributed by atoms with E-state index in [1.807, 2.05) is 36.4 Å². The first kappa shape index (κ1) is 26.7. The van der Waals surface area contributed by atoms with Gasteiger partial charge >= 0.3 is 0 Å². The van der Waals surface area contributed by atoms with Gasteiger partial charge in [-0.25, -0.2) is 16.8 Å². The van der Waals surface area contributed by atoms with E-state index in [0.29, 0.717) is 52.5 Å². The summed E-state index contributed by atoms with van der Waals surface area (Å²) in [7, 11) is -6.36. The van der Waals surface area contributed by atoms with Crippen LogP contribution in [0.1, 0.15) is 25.7 Å². The van der Waals surface area contributed by atoms with E-state index in [0.717, 1.165) is 59.9 Å². The third kappa shape index (κ3) is 4.63. The summed E-state index contributed by atoms with van der Waals surface area (Å²) in [5.74, 6) is 1.55. The maximum Gasteiger partial charge on any atom is 0.217 e. The molecule has 6 aliphatic rings. The summed E-state index contributed by atoms with van der Waals surface area (Å²) in [5.41, 5.74) is 10.2. The van der Waals surface area contributed by atoms with Gasteiger partial charge in [-0.2, -0.15) is 8.61 Å². The van der Waals surface area contributed by atoms with Gasteiger partial charge in [0.2, 0.25) is 20.0 Å². The number of anilines is 4. The van der Waals surface area contributed by atoms with Crippen molar-refractivity contribution in [3.05, 3.63) is 36.4 Å². The molecule has 12 nitrogen and oxygen atoms in total. The Morgan fingerprint density at radius 3 is 1.45 bits per heavy atom. The van der Waals surface area contributed by atoms with Crippen LogP contribution in [0, 0.1) is 0 Å². The number of fused-ring (bicyclic) bond motifs is 6. The molecule has 42 heavy (non-hydrogen) atoms. The van der Waals surface area contributed by atoms with Gasteiger partial charge in [0.1, 0.15) is 24.7 Å². The molecule has 0 amide bonds. The number of hydrazine groups is 1. The van der Waals surface area contributed by atoms with Gasteiger partial charge in [0.25, 0.3) is 0 Å². The molecule has 8 rings (SSSR count). The second-order valence-corrected chi connectivity index (χ2v) is 16.6. The van der Waals surface area contributed by atoms with Crippen LogP contribution in [-0.4, -0.2) is 101 Å². The summed E-state index contributed by atoms with van der Waals surface area (Å²) >= 11 is 0. The quantitative estimate of drug-likeness (QED) is 0.446. The molecule has 2 N–H and O–H groups in total. The first-order valence-electron chi connectivity index (χ1n) is 14.8. The average molecular weight is 617 g/mol. The Hall–Kier alpha value is -2.94. The van der Waals surface area contributed by atoms with Crippen LogP contribution in [0.5, 0.6) is 11.5 Å². The predicted octanol–water partition coefficient (Wildman–Crippen LogP) is 1.88. The van der Waals surface area contributed by atoms with Gasteiger partial charge in [-0.1, -0.05) is 0 Å². The van der Waals surface area contributed by atoms with E-state index < -0.39 is 20.0 Å². The normalized spacial score (nSPS) is 26.2. The topological polar surface area (TPSA) is 124 Å². The molecule has 2 aromatic carbocycles. The molecule has 14 heteroatoms. The minimum atomic E-state index is -3.18. The van der Waals surface area contributed by atoms with Crippen molar-refractivity contribution in [1.29, 1.82) is 0 Å². The lowest BCUT2D eigenvalue weighted by atomic mass is 10.1. The van der Waals surface area contributed by atoms with Crippen molar-refractivity contribution < 1.29 is 26.3 Å². The van der Waals surface area contributed by atoms with Gasteiger partial charge in [0, 0.05) is 51.4 Å². The molecule has 0 aromatic heterocycles. The van der Waals surface area contributed by atoms with Gasteiger partial charge in [-0.05, 0) is 49.9 Å². The van der Waals surface area contributed by atoms with Crippen LogP contribution < -0.4 is 30.1 Å². The smallest absolute Gasteiger partial charge is 0.217 e. The second-order valence-electron chi connectivity index (χ2n) is 12.1. The lowest BCUT2D eigenvalue weighted by Gasteiger charge is -2.45. The molecule has 2 aromatic rings. The molecule has 0 bridgehead atoms. The maximum absolute atomic E-state index is 12.7. The fourth-order valence-corrected chi connectivity index (χ4v) is 10.3. The Morgan fingerprint density at radius 1 is 0.619 bits per heavy atom.